The van der Waals surface area contributed by atoms with E-state index in [1.165, 1.54) is 0 Å². The molecule has 0 spiro atoms. The van der Waals surface area contributed by atoms with E-state index in [0.717, 1.165) is 11.3 Å². The molecule has 0 saturated carbocycles. The second kappa shape index (κ2) is 7.67. The van der Waals surface area contributed by atoms with Gasteiger partial charge in [0.1, 0.15) is 5.75 Å². The van der Waals surface area contributed by atoms with Crippen LogP contribution in [0.5, 0.6) is 5.75 Å². The zero-order valence-electron chi connectivity index (χ0n) is 11.5. The third-order valence-corrected chi connectivity index (χ3v) is 3.16. The summed E-state index contributed by atoms with van der Waals surface area (Å²) in [6.45, 7) is 0.392. The number of carbonyl (C=O) groups excluding carboxylic acids is 1. The quantitative estimate of drug-likeness (QED) is 0.862. The monoisotopic (exact) mass is 304 g/mol. The average Bonchev–Trinajstić information content (AvgIpc) is 2.48. The number of nitrogens with one attached hydrogen (secondary N) is 1. The van der Waals surface area contributed by atoms with Crippen LogP contribution < -0.4 is 15.8 Å². The molecule has 21 heavy (non-hydrogen) atoms. The number of rotatable bonds is 6. The summed E-state index contributed by atoms with van der Waals surface area (Å²) in [7, 11) is 0. The number of ether oxygens (including phenoxy) is 1. The van der Waals surface area contributed by atoms with Crippen LogP contribution >= 0.6 is 11.6 Å². The van der Waals surface area contributed by atoms with Gasteiger partial charge in [-0.2, -0.15) is 0 Å². The SMILES string of the molecule is NCCc1cccc(Cl)c1OCC(=O)Nc1ccccc1. The Morgan fingerprint density at radius 3 is 2.62 bits per heavy atom. The number of hydrogen-bond donors (Lipinski definition) is 2. The fourth-order valence-corrected chi connectivity index (χ4v) is 2.17. The molecule has 3 N–H and O–H groups in total. The van der Waals surface area contributed by atoms with Crippen molar-refractivity contribution in [2.45, 2.75) is 6.42 Å². The van der Waals surface area contributed by atoms with Gasteiger partial charge in [0, 0.05) is 5.69 Å². The van der Waals surface area contributed by atoms with Crippen molar-refractivity contribution in [1.29, 1.82) is 0 Å². The maximum Gasteiger partial charge on any atom is 0.262 e. The minimum atomic E-state index is -0.236. The Morgan fingerprint density at radius 1 is 1.14 bits per heavy atom. The third kappa shape index (κ3) is 4.48. The smallest absolute Gasteiger partial charge is 0.262 e. The van der Waals surface area contributed by atoms with Gasteiger partial charge < -0.3 is 15.8 Å². The average molecular weight is 305 g/mol. The van der Waals surface area contributed by atoms with E-state index in [0.29, 0.717) is 23.7 Å². The number of carbonyl (C=O) groups is 1. The largest absolute Gasteiger partial charge is 0.482 e. The van der Waals surface area contributed by atoms with Gasteiger partial charge in [0.15, 0.2) is 6.61 Å². The second-order valence-corrected chi connectivity index (χ2v) is 4.88. The van der Waals surface area contributed by atoms with Gasteiger partial charge in [0.05, 0.1) is 5.02 Å². The van der Waals surface area contributed by atoms with Crippen LogP contribution in [0.15, 0.2) is 48.5 Å². The summed E-state index contributed by atoms with van der Waals surface area (Å²) in [4.78, 5) is 11.9. The van der Waals surface area contributed by atoms with Crippen molar-refractivity contribution in [3.05, 3.63) is 59.1 Å². The highest BCUT2D eigenvalue weighted by Crippen LogP contribution is 2.28. The topological polar surface area (TPSA) is 64.3 Å². The molecule has 2 aromatic carbocycles. The molecular weight excluding hydrogens is 288 g/mol. The molecular formula is C16H17ClN2O2. The zero-order valence-corrected chi connectivity index (χ0v) is 12.3. The molecule has 0 saturated heterocycles. The summed E-state index contributed by atoms with van der Waals surface area (Å²) < 4.78 is 5.55. The van der Waals surface area contributed by atoms with E-state index in [9.17, 15) is 4.79 Å². The lowest BCUT2D eigenvalue weighted by Gasteiger charge is -2.12. The Hall–Kier alpha value is -2.04. The Balaban J connectivity index is 1.98. The van der Waals surface area contributed by atoms with Gasteiger partial charge >= 0.3 is 0 Å². The number of anilines is 1. The molecule has 110 valence electrons. The molecule has 0 aromatic heterocycles. The highest BCUT2D eigenvalue weighted by molar-refractivity contribution is 6.32. The van der Waals surface area contributed by atoms with Crippen LogP contribution in [-0.2, 0) is 11.2 Å². The summed E-state index contributed by atoms with van der Waals surface area (Å²) >= 11 is 6.11. The fourth-order valence-electron chi connectivity index (χ4n) is 1.92. The summed E-state index contributed by atoms with van der Waals surface area (Å²) in [5.74, 6) is 0.285. The van der Waals surface area contributed by atoms with Crippen molar-refractivity contribution >= 4 is 23.2 Å². The van der Waals surface area contributed by atoms with Crippen molar-refractivity contribution in [2.75, 3.05) is 18.5 Å². The number of benzene rings is 2. The molecule has 5 heteroatoms. The van der Waals surface area contributed by atoms with Crippen LogP contribution in [-0.4, -0.2) is 19.1 Å². The number of hydrogen-bond acceptors (Lipinski definition) is 3. The normalized spacial score (nSPS) is 10.2. The predicted molar refractivity (Wildman–Crippen MR) is 84.8 cm³/mol. The first-order valence-electron chi connectivity index (χ1n) is 6.66. The van der Waals surface area contributed by atoms with Gasteiger partial charge in [0.2, 0.25) is 0 Å². The Kier molecular flexibility index (Phi) is 5.60. The number of para-hydroxylation sites is 2. The van der Waals surface area contributed by atoms with E-state index in [-0.39, 0.29) is 12.5 Å². The predicted octanol–water partition coefficient (Wildman–Crippen LogP) is 2.86. The molecule has 4 nitrogen and oxygen atoms in total. The van der Waals surface area contributed by atoms with Gasteiger partial charge in [-0.05, 0) is 36.7 Å². The molecule has 1 amide bonds. The zero-order chi connectivity index (χ0) is 15.1. The Bertz CT molecular complexity index is 602. The molecule has 0 unspecified atom stereocenters. The van der Waals surface area contributed by atoms with Crippen molar-refractivity contribution < 1.29 is 9.53 Å². The first kappa shape index (κ1) is 15.4. The highest BCUT2D eigenvalue weighted by atomic mass is 35.5. The van der Waals surface area contributed by atoms with Crippen molar-refractivity contribution in [1.82, 2.24) is 0 Å². The number of amides is 1. The molecule has 2 rings (SSSR count). The van der Waals surface area contributed by atoms with E-state index in [4.69, 9.17) is 22.1 Å². The summed E-state index contributed by atoms with van der Waals surface area (Å²) in [6, 6.07) is 14.7. The molecule has 0 heterocycles. The van der Waals surface area contributed by atoms with Crippen LogP contribution in [0, 0.1) is 0 Å². The summed E-state index contributed by atoms with van der Waals surface area (Å²) in [6.07, 6.45) is 0.649. The summed E-state index contributed by atoms with van der Waals surface area (Å²) in [5.41, 5.74) is 7.19. The molecule has 0 fully saturated rings. The van der Waals surface area contributed by atoms with Crippen LogP contribution in [0.2, 0.25) is 5.02 Å². The minimum Gasteiger partial charge on any atom is -0.482 e. The molecule has 2 aromatic rings. The first-order chi connectivity index (χ1) is 10.2. The highest BCUT2D eigenvalue weighted by Gasteiger charge is 2.10. The van der Waals surface area contributed by atoms with Gasteiger partial charge in [-0.15, -0.1) is 0 Å². The molecule has 0 bridgehead atoms. The van der Waals surface area contributed by atoms with Gasteiger partial charge in [-0.25, -0.2) is 0 Å². The number of nitrogens with two attached hydrogens (primary N) is 1. The van der Waals surface area contributed by atoms with E-state index >= 15 is 0 Å². The lowest BCUT2D eigenvalue weighted by Crippen LogP contribution is -2.20. The van der Waals surface area contributed by atoms with Crippen molar-refractivity contribution in [3.8, 4) is 5.75 Å². The van der Waals surface area contributed by atoms with Gasteiger partial charge in [0.25, 0.3) is 5.91 Å². The lowest BCUT2D eigenvalue weighted by atomic mass is 10.1. The van der Waals surface area contributed by atoms with Gasteiger partial charge in [-0.1, -0.05) is 41.9 Å². The fraction of sp³-hybridized carbons (Fsp3) is 0.188. The van der Waals surface area contributed by atoms with Crippen LogP contribution in [0.4, 0.5) is 5.69 Å². The van der Waals surface area contributed by atoms with Crippen LogP contribution in [0.25, 0.3) is 0 Å². The Labute approximate surface area is 128 Å². The molecule has 0 aliphatic rings. The van der Waals surface area contributed by atoms with E-state index in [1.54, 1.807) is 6.07 Å². The van der Waals surface area contributed by atoms with E-state index < -0.39 is 0 Å². The van der Waals surface area contributed by atoms with Crippen molar-refractivity contribution in [2.24, 2.45) is 5.73 Å². The van der Waals surface area contributed by atoms with Gasteiger partial charge in [-0.3, -0.25) is 4.79 Å². The maximum absolute atomic E-state index is 11.9. The maximum atomic E-state index is 11.9. The first-order valence-corrected chi connectivity index (χ1v) is 7.03. The molecule has 0 aliphatic carbocycles. The minimum absolute atomic E-state index is 0.101. The second-order valence-electron chi connectivity index (χ2n) is 4.47. The Morgan fingerprint density at radius 2 is 1.90 bits per heavy atom. The number of halogens is 1. The van der Waals surface area contributed by atoms with Crippen molar-refractivity contribution in [3.63, 3.8) is 0 Å². The standard InChI is InChI=1S/C16H17ClN2O2/c17-14-8-4-5-12(9-10-18)16(14)21-11-15(20)19-13-6-2-1-3-7-13/h1-8H,9-11,18H2,(H,19,20). The molecule has 0 radical (unpaired) electrons. The van der Waals surface area contributed by atoms with E-state index in [1.807, 2.05) is 42.5 Å². The van der Waals surface area contributed by atoms with E-state index in [2.05, 4.69) is 5.32 Å². The van der Waals surface area contributed by atoms with Crippen LogP contribution in [0.3, 0.4) is 0 Å². The van der Waals surface area contributed by atoms with Crippen LogP contribution in [0.1, 0.15) is 5.56 Å². The molecule has 0 aliphatic heterocycles. The lowest BCUT2D eigenvalue weighted by molar-refractivity contribution is -0.118. The third-order valence-electron chi connectivity index (χ3n) is 2.87. The summed E-state index contributed by atoms with van der Waals surface area (Å²) in [5, 5.41) is 3.23. The molecule has 0 atom stereocenters.